The van der Waals surface area contributed by atoms with Crippen molar-refractivity contribution < 1.29 is 17.6 Å². The van der Waals surface area contributed by atoms with Gasteiger partial charge in [-0.1, -0.05) is 11.6 Å². The minimum absolute atomic E-state index is 0.0734. The summed E-state index contributed by atoms with van der Waals surface area (Å²) in [6.07, 6.45) is -4.47. The maximum atomic E-state index is 12.9. The van der Waals surface area contributed by atoms with Crippen LogP contribution in [0.15, 0.2) is 18.2 Å². The second-order valence-electron chi connectivity index (χ2n) is 3.03. The fraction of sp³-hybridized carbons (Fsp3) is 0.111. The van der Waals surface area contributed by atoms with Crippen molar-refractivity contribution in [1.82, 2.24) is 4.98 Å². The normalized spacial score (nSPS) is 12.3. The zero-order valence-electron chi connectivity index (χ0n) is 7.12. The molecule has 15 heavy (non-hydrogen) atoms. The van der Waals surface area contributed by atoms with E-state index < -0.39 is 17.7 Å². The molecule has 2 rings (SSSR count). The number of hydrogen-bond donors (Lipinski definition) is 1. The number of benzene rings is 1. The highest BCUT2D eigenvalue weighted by Gasteiger charge is 2.32. The number of aromatic nitrogens is 1. The molecule has 0 spiro atoms. The van der Waals surface area contributed by atoms with Crippen molar-refractivity contribution in [2.24, 2.45) is 0 Å². The van der Waals surface area contributed by atoms with E-state index in [9.17, 15) is 17.6 Å². The molecule has 0 aliphatic carbocycles. The minimum atomic E-state index is -4.47. The van der Waals surface area contributed by atoms with E-state index in [4.69, 9.17) is 11.6 Å². The lowest BCUT2D eigenvalue weighted by Crippen LogP contribution is -2.04. The van der Waals surface area contributed by atoms with Crippen molar-refractivity contribution in [3.63, 3.8) is 0 Å². The summed E-state index contributed by atoms with van der Waals surface area (Å²) in [5.41, 5.74) is -0.844. The summed E-state index contributed by atoms with van der Waals surface area (Å²) in [6, 6.07) is 2.98. The van der Waals surface area contributed by atoms with Gasteiger partial charge in [0.15, 0.2) is 0 Å². The van der Waals surface area contributed by atoms with Crippen LogP contribution in [0, 0.1) is 5.82 Å². The first-order valence-electron chi connectivity index (χ1n) is 3.93. The van der Waals surface area contributed by atoms with Crippen LogP contribution in [0.2, 0.25) is 5.02 Å². The Morgan fingerprint density at radius 3 is 2.40 bits per heavy atom. The lowest BCUT2D eigenvalue weighted by atomic mass is 10.2. The number of halogens is 5. The van der Waals surface area contributed by atoms with Crippen LogP contribution in [-0.2, 0) is 6.18 Å². The van der Waals surface area contributed by atoms with Gasteiger partial charge in [0.1, 0.15) is 11.5 Å². The van der Waals surface area contributed by atoms with Crippen LogP contribution in [0.5, 0.6) is 0 Å². The van der Waals surface area contributed by atoms with Gasteiger partial charge in [-0.3, -0.25) is 0 Å². The highest BCUT2D eigenvalue weighted by Crippen LogP contribution is 2.32. The van der Waals surface area contributed by atoms with Crippen LogP contribution < -0.4 is 0 Å². The summed E-state index contributed by atoms with van der Waals surface area (Å²) >= 11 is 5.44. The topological polar surface area (TPSA) is 15.8 Å². The van der Waals surface area contributed by atoms with E-state index in [0.717, 1.165) is 18.2 Å². The van der Waals surface area contributed by atoms with Crippen LogP contribution in [0.1, 0.15) is 5.69 Å². The Balaban J connectivity index is 2.66. The second-order valence-corrected chi connectivity index (χ2v) is 3.44. The maximum absolute atomic E-state index is 12.9. The van der Waals surface area contributed by atoms with E-state index in [1.54, 1.807) is 0 Å². The van der Waals surface area contributed by atoms with Gasteiger partial charge in [-0.2, -0.15) is 13.2 Å². The first kappa shape index (κ1) is 10.3. The lowest BCUT2D eigenvalue weighted by molar-refractivity contribution is -0.140. The number of nitrogens with one attached hydrogen (secondary N) is 1. The van der Waals surface area contributed by atoms with Crippen molar-refractivity contribution in [1.29, 1.82) is 0 Å². The molecule has 2 aromatic rings. The van der Waals surface area contributed by atoms with Crippen molar-refractivity contribution in [3.8, 4) is 0 Å². The van der Waals surface area contributed by atoms with Gasteiger partial charge in [0.25, 0.3) is 0 Å². The van der Waals surface area contributed by atoms with Gasteiger partial charge in [-0.05, 0) is 18.2 Å². The lowest BCUT2D eigenvalue weighted by Gasteiger charge is -2.00. The summed E-state index contributed by atoms with van der Waals surface area (Å²) in [6.45, 7) is 0. The smallest absolute Gasteiger partial charge is 0.351 e. The van der Waals surface area contributed by atoms with Crippen LogP contribution >= 0.6 is 11.6 Å². The van der Waals surface area contributed by atoms with E-state index >= 15 is 0 Å². The molecular weight excluding hydrogens is 234 g/mol. The summed E-state index contributed by atoms with van der Waals surface area (Å²) in [5, 5.41) is 0.0314. The molecule has 0 saturated carbocycles. The van der Waals surface area contributed by atoms with Gasteiger partial charge >= 0.3 is 6.18 Å². The van der Waals surface area contributed by atoms with Crippen LogP contribution in [-0.4, -0.2) is 4.98 Å². The van der Waals surface area contributed by atoms with Gasteiger partial charge < -0.3 is 4.98 Å². The Labute approximate surface area is 86.7 Å². The largest absolute Gasteiger partial charge is 0.431 e. The van der Waals surface area contributed by atoms with E-state index in [1.807, 2.05) is 0 Å². The van der Waals surface area contributed by atoms with Gasteiger partial charge in [-0.25, -0.2) is 4.39 Å². The SMILES string of the molecule is Fc1cc2[nH]c(C(F)(F)F)cc2cc1Cl. The highest BCUT2D eigenvalue weighted by molar-refractivity contribution is 6.31. The molecule has 1 aromatic heterocycles. The second kappa shape index (κ2) is 3.13. The maximum Gasteiger partial charge on any atom is 0.431 e. The first-order chi connectivity index (χ1) is 6.88. The van der Waals surface area contributed by atoms with Crippen LogP contribution in [0.25, 0.3) is 10.9 Å². The first-order valence-corrected chi connectivity index (χ1v) is 4.30. The Kier molecular flexibility index (Phi) is 2.15. The molecule has 6 heteroatoms. The molecule has 0 atom stereocenters. The van der Waals surface area contributed by atoms with Crippen molar-refractivity contribution >= 4 is 22.5 Å². The minimum Gasteiger partial charge on any atom is -0.351 e. The molecular formula is C9H4ClF4N. The van der Waals surface area contributed by atoms with Gasteiger partial charge in [0, 0.05) is 10.9 Å². The summed E-state index contributed by atoms with van der Waals surface area (Å²) < 4.78 is 49.7. The quantitative estimate of drug-likeness (QED) is 0.667. The number of alkyl halides is 3. The third kappa shape index (κ3) is 1.79. The molecule has 0 amide bonds. The van der Waals surface area contributed by atoms with Crippen molar-refractivity contribution in [2.75, 3.05) is 0 Å². The monoisotopic (exact) mass is 237 g/mol. The average molecular weight is 238 g/mol. The predicted octanol–water partition coefficient (Wildman–Crippen LogP) is 3.98. The molecule has 0 unspecified atom stereocenters. The third-order valence-corrected chi connectivity index (χ3v) is 2.26. The third-order valence-electron chi connectivity index (χ3n) is 1.97. The Bertz CT molecular complexity index is 476. The standard InChI is InChI=1S/C9H4ClF4N/c10-5-1-4-2-8(9(12,13)14)15-7(4)3-6(5)11/h1-3,15H. The molecule has 0 aliphatic heterocycles. The van der Waals surface area contributed by atoms with Gasteiger partial charge in [-0.15, -0.1) is 0 Å². The van der Waals surface area contributed by atoms with Gasteiger partial charge in [0.2, 0.25) is 0 Å². The van der Waals surface area contributed by atoms with E-state index in [1.165, 1.54) is 0 Å². The predicted molar refractivity (Wildman–Crippen MR) is 48.3 cm³/mol. The van der Waals surface area contributed by atoms with Gasteiger partial charge in [0.05, 0.1) is 5.02 Å². The average Bonchev–Trinajstić information content (AvgIpc) is 2.47. The molecule has 80 valence electrons. The molecule has 0 bridgehead atoms. The number of aromatic amines is 1. The number of hydrogen-bond acceptors (Lipinski definition) is 0. The summed E-state index contributed by atoms with van der Waals surface area (Å²) in [5.74, 6) is -0.750. The molecule has 0 fully saturated rings. The zero-order valence-corrected chi connectivity index (χ0v) is 7.88. The number of H-pyrrole nitrogens is 1. The molecule has 0 radical (unpaired) electrons. The Morgan fingerprint density at radius 2 is 1.80 bits per heavy atom. The molecule has 1 N–H and O–H groups in total. The molecule has 0 aliphatic rings. The zero-order chi connectivity index (χ0) is 11.2. The van der Waals surface area contributed by atoms with E-state index in [0.29, 0.717) is 0 Å². The summed E-state index contributed by atoms with van der Waals surface area (Å²) in [7, 11) is 0. The number of fused-ring (bicyclic) bond motifs is 1. The number of rotatable bonds is 0. The molecule has 1 aromatic carbocycles. The van der Waals surface area contributed by atoms with Crippen molar-refractivity contribution in [2.45, 2.75) is 6.18 Å². The Morgan fingerprint density at radius 1 is 1.13 bits per heavy atom. The van der Waals surface area contributed by atoms with E-state index in [-0.39, 0.29) is 15.9 Å². The molecule has 1 nitrogen and oxygen atoms in total. The highest BCUT2D eigenvalue weighted by atomic mass is 35.5. The van der Waals surface area contributed by atoms with Crippen molar-refractivity contribution in [3.05, 3.63) is 34.7 Å². The molecule has 1 heterocycles. The van der Waals surface area contributed by atoms with Crippen LogP contribution in [0.4, 0.5) is 17.6 Å². The summed E-state index contributed by atoms with van der Waals surface area (Å²) in [4.78, 5) is 2.08. The van der Waals surface area contributed by atoms with E-state index in [2.05, 4.69) is 4.98 Å². The Hall–Kier alpha value is -1.23. The fourth-order valence-corrected chi connectivity index (χ4v) is 1.45. The van der Waals surface area contributed by atoms with Crippen LogP contribution in [0.3, 0.4) is 0 Å². The fourth-order valence-electron chi connectivity index (χ4n) is 1.28. The molecule has 0 saturated heterocycles.